The van der Waals surface area contributed by atoms with Crippen molar-refractivity contribution in [1.29, 1.82) is 0 Å². The van der Waals surface area contributed by atoms with Crippen LogP contribution in [-0.2, 0) is 19.4 Å². The number of aryl methyl sites for hydroxylation is 2. The van der Waals surface area contributed by atoms with Crippen molar-refractivity contribution >= 4 is 0 Å². The zero-order valence-electron chi connectivity index (χ0n) is 16.5. The van der Waals surface area contributed by atoms with Gasteiger partial charge >= 0.3 is 0 Å². The minimum Gasteiger partial charge on any atom is -0.302 e. The molecule has 1 aliphatic rings. The molecule has 0 atom stereocenters. The Bertz CT molecular complexity index is 474. The molecule has 0 amide bonds. The lowest BCUT2D eigenvalue weighted by Gasteiger charge is -2.31. The summed E-state index contributed by atoms with van der Waals surface area (Å²) in [5.74, 6) is 0.964. The van der Waals surface area contributed by atoms with Crippen LogP contribution < -0.4 is 0 Å². The van der Waals surface area contributed by atoms with E-state index in [1.54, 1.807) is 0 Å². The highest BCUT2D eigenvalue weighted by molar-refractivity contribution is 5.29. The smallest absolute Gasteiger partial charge is 0.142 e. The molecule has 1 aromatic heterocycles. The van der Waals surface area contributed by atoms with Crippen molar-refractivity contribution in [3.63, 3.8) is 0 Å². The second kappa shape index (κ2) is 9.36. The van der Waals surface area contributed by atoms with Gasteiger partial charge in [-0.2, -0.15) is 0 Å². The number of unbranched alkanes of at least 4 members (excludes halogenated alkanes) is 3. The van der Waals surface area contributed by atoms with Crippen LogP contribution in [0, 0.1) is 12.3 Å². The average molecular weight is 320 g/mol. The molecule has 3 nitrogen and oxygen atoms in total. The molecule has 2 rings (SSSR count). The molecule has 1 aromatic rings. The third-order valence-electron chi connectivity index (χ3n) is 4.45. The fraction of sp³-hybridized carbons (Fsp3) is 0.800. The number of fused-ring (bicyclic) bond motifs is 1. The van der Waals surface area contributed by atoms with Gasteiger partial charge in [0.2, 0.25) is 0 Å². The van der Waals surface area contributed by atoms with Gasteiger partial charge in [-0.3, -0.25) is 0 Å². The van der Waals surface area contributed by atoms with Gasteiger partial charge in [-0.05, 0) is 51.3 Å². The number of aromatic nitrogens is 2. The summed E-state index contributed by atoms with van der Waals surface area (Å²) in [6.07, 6.45) is 9.00. The molecule has 3 heteroatoms. The minimum atomic E-state index is 0.407. The lowest BCUT2D eigenvalue weighted by atomic mass is 9.75. The van der Waals surface area contributed by atoms with Gasteiger partial charge in [0.05, 0.1) is 6.54 Å². The summed E-state index contributed by atoms with van der Waals surface area (Å²) >= 11 is 0. The summed E-state index contributed by atoms with van der Waals surface area (Å²) in [5.41, 5.74) is 4.27. The van der Waals surface area contributed by atoms with Crippen molar-refractivity contribution in [2.75, 3.05) is 14.1 Å². The van der Waals surface area contributed by atoms with Crippen molar-refractivity contribution in [3.05, 3.63) is 22.8 Å². The van der Waals surface area contributed by atoms with E-state index < -0.39 is 0 Å². The fourth-order valence-electron chi connectivity index (χ4n) is 3.03. The van der Waals surface area contributed by atoms with Crippen molar-refractivity contribution in [3.8, 4) is 0 Å². The van der Waals surface area contributed by atoms with Gasteiger partial charge < -0.3 is 4.90 Å². The van der Waals surface area contributed by atoms with Crippen molar-refractivity contribution in [1.82, 2.24) is 14.9 Å². The van der Waals surface area contributed by atoms with Gasteiger partial charge in [0.25, 0.3) is 0 Å². The molecule has 0 bridgehead atoms. The highest BCUT2D eigenvalue weighted by Crippen LogP contribution is 2.34. The van der Waals surface area contributed by atoms with Crippen LogP contribution in [-0.4, -0.2) is 29.0 Å². The van der Waals surface area contributed by atoms with Gasteiger partial charge in [0, 0.05) is 11.4 Å². The van der Waals surface area contributed by atoms with E-state index in [1.807, 2.05) is 0 Å². The monoisotopic (exact) mass is 319 g/mol. The van der Waals surface area contributed by atoms with E-state index in [4.69, 9.17) is 4.98 Å². The molecule has 132 valence electrons. The maximum absolute atomic E-state index is 4.73. The van der Waals surface area contributed by atoms with Crippen LogP contribution in [0.15, 0.2) is 0 Å². The minimum absolute atomic E-state index is 0.407. The summed E-state index contributed by atoms with van der Waals surface area (Å²) in [6.45, 7) is 12.1. The first kappa shape index (κ1) is 20.1. The van der Waals surface area contributed by atoms with E-state index in [2.05, 4.69) is 58.6 Å². The summed E-state index contributed by atoms with van der Waals surface area (Å²) < 4.78 is 0. The Balaban J connectivity index is 0.000000379. The predicted octanol–water partition coefficient (Wildman–Crippen LogP) is 4.95. The average Bonchev–Trinajstić information content (AvgIpc) is 2.45. The Kier molecular flexibility index (Phi) is 8.18. The molecule has 0 aliphatic heterocycles. The molecular weight excluding hydrogens is 282 g/mol. The second-order valence-corrected chi connectivity index (χ2v) is 7.94. The standard InChI is InChI=1S/C14H23N3.C6H14/c1-10-11-8-14(2,3)7-6-12(11)16-13(15-10)9-17(4)5;1-3-5-6-4-2/h6-9H2,1-5H3;3-6H2,1-2H3. The number of hydrogen-bond donors (Lipinski definition) is 0. The first-order valence-corrected chi connectivity index (χ1v) is 9.29. The van der Waals surface area contributed by atoms with E-state index in [0.717, 1.165) is 25.2 Å². The van der Waals surface area contributed by atoms with Gasteiger partial charge in [-0.25, -0.2) is 9.97 Å². The Hall–Kier alpha value is -0.960. The molecule has 0 N–H and O–H groups in total. The van der Waals surface area contributed by atoms with E-state index in [1.165, 1.54) is 49.1 Å². The fourth-order valence-corrected chi connectivity index (χ4v) is 3.03. The topological polar surface area (TPSA) is 29.0 Å². The van der Waals surface area contributed by atoms with Crippen LogP contribution >= 0.6 is 0 Å². The second-order valence-electron chi connectivity index (χ2n) is 7.94. The highest BCUT2D eigenvalue weighted by atomic mass is 15.1. The molecule has 0 saturated carbocycles. The molecule has 0 radical (unpaired) electrons. The normalized spacial score (nSPS) is 15.8. The maximum atomic E-state index is 4.73. The van der Waals surface area contributed by atoms with Crippen LogP contribution in [0.25, 0.3) is 0 Å². The van der Waals surface area contributed by atoms with Gasteiger partial charge in [-0.1, -0.05) is 53.4 Å². The summed E-state index contributed by atoms with van der Waals surface area (Å²) in [4.78, 5) is 11.5. The molecule has 0 unspecified atom stereocenters. The number of rotatable bonds is 5. The SMILES string of the molecule is CCCCCC.Cc1nc(CN(C)C)nc2c1CC(C)(C)CC2. The lowest BCUT2D eigenvalue weighted by Crippen LogP contribution is -2.26. The Morgan fingerprint density at radius 2 is 1.65 bits per heavy atom. The maximum Gasteiger partial charge on any atom is 0.142 e. The zero-order valence-corrected chi connectivity index (χ0v) is 16.5. The van der Waals surface area contributed by atoms with Crippen molar-refractivity contribution in [2.45, 2.75) is 86.1 Å². The number of hydrogen-bond acceptors (Lipinski definition) is 3. The van der Waals surface area contributed by atoms with Crippen LogP contribution in [0.2, 0.25) is 0 Å². The quantitative estimate of drug-likeness (QED) is 0.719. The molecule has 0 aromatic carbocycles. The first-order valence-electron chi connectivity index (χ1n) is 9.29. The summed E-state index contributed by atoms with van der Waals surface area (Å²) in [7, 11) is 4.11. The van der Waals surface area contributed by atoms with Crippen LogP contribution in [0.4, 0.5) is 0 Å². The van der Waals surface area contributed by atoms with Crippen molar-refractivity contribution in [2.24, 2.45) is 5.41 Å². The number of nitrogens with zero attached hydrogens (tertiary/aromatic N) is 3. The largest absolute Gasteiger partial charge is 0.302 e. The van der Waals surface area contributed by atoms with Crippen LogP contribution in [0.5, 0.6) is 0 Å². The van der Waals surface area contributed by atoms with Gasteiger partial charge in [0.1, 0.15) is 5.82 Å². The van der Waals surface area contributed by atoms with Crippen LogP contribution in [0.3, 0.4) is 0 Å². The molecule has 0 saturated heterocycles. The molecule has 0 fully saturated rings. The first-order chi connectivity index (χ1) is 10.8. The molecule has 23 heavy (non-hydrogen) atoms. The van der Waals surface area contributed by atoms with Crippen LogP contribution in [0.1, 0.15) is 82.6 Å². The van der Waals surface area contributed by atoms with Crippen molar-refractivity contribution < 1.29 is 0 Å². The van der Waals surface area contributed by atoms with E-state index in [-0.39, 0.29) is 0 Å². The lowest BCUT2D eigenvalue weighted by molar-refractivity contribution is 0.308. The van der Waals surface area contributed by atoms with Gasteiger partial charge in [-0.15, -0.1) is 0 Å². The summed E-state index contributed by atoms with van der Waals surface area (Å²) in [5, 5.41) is 0. The Labute approximate surface area is 143 Å². The molecule has 1 heterocycles. The highest BCUT2D eigenvalue weighted by Gasteiger charge is 2.28. The molecule has 0 spiro atoms. The molecular formula is C20H37N3. The van der Waals surface area contributed by atoms with E-state index in [0.29, 0.717) is 5.41 Å². The molecule has 1 aliphatic carbocycles. The third kappa shape index (κ3) is 6.99. The van der Waals surface area contributed by atoms with Gasteiger partial charge in [0.15, 0.2) is 0 Å². The Morgan fingerprint density at radius 1 is 1.04 bits per heavy atom. The zero-order chi connectivity index (χ0) is 17.5. The third-order valence-corrected chi connectivity index (χ3v) is 4.45. The van der Waals surface area contributed by atoms with E-state index in [9.17, 15) is 0 Å². The van der Waals surface area contributed by atoms with E-state index >= 15 is 0 Å². The Morgan fingerprint density at radius 3 is 2.17 bits per heavy atom. The predicted molar refractivity (Wildman–Crippen MR) is 99.8 cm³/mol. The summed E-state index contributed by atoms with van der Waals surface area (Å²) in [6, 6.07) is 0.